The molecule has 2 aromatic heterocycles. The highest BCUT2D eigenvalue weighted by Crippen LogP contribution is 2.20. The minimum atomic E-state index is -1.32. The SMILES string of the molecule is O=C(O)c1cc(-c2ccc(Cl)cc2)nn(-c2ccn[nH]2)c1=O. The smallest absolute Gasteiger partial charge is 0.341 e. The first kappa shape index (κ1) is 14.0. The third kappa shape index (κ3) is 2.49. The van der Waals surface area contributed by atoms with Gasteiger partial charge in [0, 0.05) is 16.7 Å². The number of carbonyl (C=O) groups is 1. The van der Waals surface area contributed by atoms with Crippen molar-refractivity contribution in [2.24, 2.45) is 0 Å². The number of H-pyrrole nitrogens is 1. The van der Waals surface area contributed by atoms with Gasteiger partial charge in [0.15, 0.2) is 5.82 Å². The summed E-state index contributed by atoms with van der Waals surface area (Å²) in [6.07, 6.45) is 1.44. The highest BCUT2D eigenvalue weighted by atomic mass is 35.5. The Labute approximate surface area is 128 Å². The van der Waals surface area contributed by atoms with Gasteiger partial charge in [0.1, 0.15) is 5.56 Å². The van der Waals surface area contributed by atoms with Crippen molar-refractivity contribution in [3.63, 3.8) is 0 Å². The van der Waals surface area contributed by atoms with Gasteiger partial charge in [0.25, 0.3) is 5.56 Å². The van der Waals surface area contributed by atoms with E-state index in [9.17, 15) is 14.7 Å². The van der Waals surface area contributed by atoms with Crippen LogP contribution in [0, 0.1) is 0 Å². The van der Waals surface area contributed by atoms with Gasteiger partial charge in [-0.2, -0.15) is 14.9 Å². The van der Waals surface area contributed by atoms with E-state index in [0.29, 0.717) is 16.3 Å². The van der Waals surface area contributed by atoms with E-state index in [2.05, 4.69) is 15.3 Å². The number of rotatable bonds is 3. The van der Waals surface area contributed by atoms with Crippen LogP contribution in [0.4, 0.5) is 0 Å². The van der Waals surface area contributed by atoms with E-state index >= 15 is 0 Å². The Bertz CT molecular complexity index is 885. The highest BCUT2D eigenvalue weighted by Gasteiger charge is 2.17. The summed E-state index contributed by atoms with van der Waals surface area (Å²) >= 11 is 5.84. The van der Waals surface area contributed by atoms with Gasteiger partial charge in [-0.1, -0.05) is 23.7 Å². The second-order valence-electron chi connectivity index (χ2n) is 4.41. The minimum absolute atomic E-state index is 0.281. The molecule has 0 aliphatic heterocycles. The summed E-state index contributed by atoms with van der Waals surface area (Å²) in [5, 5.41) is 20.3. The molecule has 2 N–H and O–H groups in total. The van der Waals surface area contributed by atoms with Crippen molar-refractivity contribution < 1.29 is 9.90 Å². The molecule has 0 amide bonds. The standard InChI is InChI=1S/C14H9ClN4O3/c15-9-3-1-8(2-4-9)11-7-10(14(21)22)13(20)19(18-11)12-5-6-16-17-12/h1-7H,(H,16,17)(H,21,22). The van der Waals surface area contributed by atoms with Gasteiger partial charge in [-0.25, -0.2) is 4.79 Å². The van der Waals surface area contributed by atoms with Gasteiger partial charge in [0.05, 0.1) is 11.9 Å². The van der Waals surface area contributed by atoms with Gasteiger partial charge >= 0.3 is 5.97 Å². The Morgan fingerprint density at radius 3 is 2.55 bits per heavy atom. The summed E-state index contributed by atoms with van der Waals surface area (Å²) in [5.74, 6) is -1.04. The largest absolute Gasteiger partial charge is 0.477 e. The zero-order chi connectivity index (χ0) is 15.7. The number of benzene rings is 1. The topological polar surface area (TPSA) is 101 Å². The van der Waals surface area contributed by atoms with Crippen LogP contribution in [0.5, 0.6) is 0 Å². The average Bonchev–Trinajstić information content (AvgIpc) is 3.02. The van der Waals surface area contributed by atoms with Gasteiger partial charge in [-0.15, -0.1) is 0 Å². The van der Waals surface area contributed by atoms with Crippen molar-refractivity contribution in [2.75, 3.05) is 0 Å². The molecule has 22 heavy (non-hydrogen) atoms. The number of hydrogen-bond donors (Lipinski definition) is 2. The van der Waals surface area contributed by atoms with Crippen LogP contribution < -0.4 is 5.56 Å². The number of halogens is 1. The molecule has 0 radical (unpaired) electrons. The van der Waals surface area contributed by atoms with Crippen molar-refractivity contribution in [1.82, 2.24) is 20.0 Å². The van der Waals surface area contributed by atoms with Crippen LogP contribution in [-0.2, 0) is 0 Å². The summed E-state index contributed by atoms with van der Waals surface area (Å²) in [4.78, 5) is 23.5. The van der Waals surface area contributed by atoms with Crippen LogP contribution in [0.15, 0.2) is 47.4 Å². The quantitative estimate of drug-likeness (QED) is 0.769. The lowest BCUT2D eigenvalue weighted by Crippen LogP contribution is -2.28. The molecule has 3 rings (SSSR count). The fourth-order valence-corrected chi connectivity index (χ4v) is 2.07. The predicted molar refractivity (Wildman–Crippen MR) is 79.4 cm³/mol. The lowest BCUT2D eigenvalue weighted by molar-refractivity contribution is 0.0694. The Morgan fingerprint density at radius 1 is 1.23 bits per heavy atom. The summed E-state index contributed by atoms with van der Waals surface area (Å²) in [7, 11) is 0. The second-order valence-corrected chi connectivity index (χ2v) is 4.85. The van der Waals surface area contributed by atoms with Crippen LogP contribution in [0.1, 0.15) is 10.4 Å². The molecule has 0 unspecified atom stereocenters. The molecule has 0 aliphatic rings. The van der Waals surface area contributed by atoms with Gasteiger partial charge in [0.2, 0.25) is 0 Å². The van der Waals surface area contributed by atoms with Crippen LogP contribution in [0.25, 0.3) is 17.1 Å². The van der Waals surface area contributed by atoms with Crippen LogP contribution >= 0.6 is 11.6 Å². The van der Waals surface area contributed by atoms with Crippen LogP contribution in [-0.4, -0.2) is 31.1 Å². The summed E-state index contributed by atoms with van der Waals surface area (Å²) < 4.78 is 0.973. The molecule has 3 aromatic rings. The molecule has 0 bridgehead atoms. The van der Waals surface area contributed by atoms with Crippen molar-refractivity contribution in [3.8, 4) is 17.1 Å². The number of carboxylic acid groups (broad SMARTS) is 1. The van der Waals surface area contributed by atoms with Crippen LogP contribution in [0.3, 0.4) is 0 Å². The van der Waals surface area contributed by atoms with Crippen LogP contribution in [0.2, 0.25) is 5.02 Å². The summed E-state index contributed by atoms with van der Waals surface area (Å²) in [5.41, 5.74) is -0.146. The van der Waals surface area contributed by atoms with Crippen molar-refractivity contribution >= 4 is 17.6 Å². The lowest BCUT2D eigenvalue weighted by Gasteiger charge is -2.07. The normalized spacial score (nSPS) is 10.6. The van der Waals surface area contributed by atoms with Crippen molar-refractivity contribution in [3.05, 3.63) is 63.5 Å². The molecule has 8 heteroatoms. The molecular formula is C14H9ClN4O3. The maximum Gasteiger partial charge on any atom is 0.341 e. The monoisotopic (exact) mass is 316 g/mol. The van der Waals surface area contributed by atoms with Gasteiger partial charge < -0.3 is 5.11 Å². The molecule has 0 saturated carbocycles. The molecule has 0 aliphatic carbocycles. The Balaban J connectivity index is 2.25. The first-order chi connectivity index (χ1) is 10.6. The fraction of sp³-hybridized carbons (Fsp3) is 0. The van der Waals surface area contributed by atoms with Gasteiger partial charge in [-0.05, 0) is 18.2 Å². The molecule has 0 fully saturated rings. The third-order valence-electron chi connectivity index (χ3n) is 3.00. The summed E-state index contributed by atoms with van der Waals surface area (Å²) in [6, 6.07) is 9.46. The Morgan fingerprint density at radius 2 is 1.95 bits per heavy atom. The molecule has 2 heterocycles. The van der Waals surface area contributed by atoms with Crippen molar-refractivity contribution in [2.45, 2.75) is 0 Å². The highest BCUT2D eigenvalue weighted by molar-refractivity contribution is 6.30. The first-order valence-corrected chi connectivity index (χ1v) is 6.57. The van der Waals surface area contributed by atoms with E-state index in [1.54, 1.807) is 24.3 Å². The van der Waals surface area contributed by atoms with E-state index in [-0.39, 0.29) is 11.4 Å². The zero-order valence-corrected chi connectivity index (χ0v) is 11.8. The number of aromatic nitrogens is 4. The van der Waals surface area contributed by atoms with Crippen molar-refractivity contribution in [1.29, 1.82) is 0 Å². The number of aromatic carboxylic acids is 1. The minimum Gasteiger partial charge on any atom is -0.477 e. The van der Waals surface area contributed by atoms with E-state index < -0.39 is 11.5 Å². The molecule has 110 valence electrons. The van der Waals surface area contributed by atoms with Gasteiger partial charge in [-0.3, -0.25) is 9.89 Å². The number of nitrogens with zero attached hydrogens (tertiary/aromatic N) is 3. The first-order valence-electron chi connectivity index (χ1n) is 6.19. The molecule has 0 spiro atoms. The average molecular weight is 317 g/mol. The number of carboxylic acids is 1. The summed E-state index contributed by atoms with van der Waals surface area (Å²) in [6.45, 7) is 0. The maximum absolute atomic E-state index is 12.2. The Hall–Kier alpha value is -2.93. The lowest BCUT2D eigenvalue weighted by atomic mass is 10.1. The third-order valence-corrected chi connectivity index (χ3v) is 3.25. The number of nitrogens with one attached hydrogen (secondary N) is 1. The second kappa shape index (κ2) is 5.45. The molecule has 0 atom stereocenters. The maximum atomic E-state index is 12.2. The molecular weight excluding hydrogens is 308 g/mol. The fourth-order valence-electron chi connectivity index (χ4n) is 1.94. The molecule has 0 saturated heterocycles. The number of hydrogen-bond acceptors (Lipinski definition) is 4. The zero-order valence-electron chi connectivity index (χ0n) is 11.0. The van der Waals surface area contributed by atoms with E-state index in [0.717, 1.165) is 4.68 Å². The number of aromatic amines is 1. The van der Waals surface area contributed by atoms with E-state index in [4.69, 9.17) is 11.6 Å². The Kier molecular flexibility index (Phi) is 3.48. The van der Waals surface area contributed by atoms with E-state index in [1.807, 2.05) is 0 Å². The predicted octanol–water partition coefficient (Wildman–Crippen LogP) is 1.97. The molecule has 7 nitrogen and oxygen atoms in total. The molecule has 1 aromatic carbocycles. The van der Waals surface area contributed by atoms with E-state index in [1.165, 1.54) is 18.3 Å².